The van der Waals surface area contributed by atoms with Crippen molar-refractivity contribution in [3.05, 3.63) is 60.2 Å². The number of anilines is 2. The number of hydrogen-bond donors (Lipinski definition) is 1. The van der Waals surface area contributed by atoms with Gasteiger partial charge in [-0.25, -0.2) is 8.42 Å². The summed E-state index contributed by atoms with van der Waals surface area (Å²) in [6, 6.07) is 17.3. The van der Waals surface area contributed by atoms with Crippen LogP contribution in [0.15, 0.2) is 54.6 Å². The van der Waals surface area contributed by atoms with E-state index in [2.05, 4.69) is 34.5 Å². The number of para-hydroxylation sites is 1. The van der Waals surface area contributed by atoms with Gasteiger partial charge in [-0.3, -0.25) is 9.10 Å². The monoisotopic (exact) mass is 429 g/mol. The molecule has 162 valence electrons. The third-order valence-electron chi connectivity index (χ3n) is 5.36. The number of amides is 1. The Hall–Kier alpha value is -2.54. The van der Waals surface area contributed by atoms with Crippen molar-refractivity contribution in [1.82, 2.24) is 5.32 Å². The molecule has 2 aromatic carbocycles. The van der Waals surface area contributed by atoms with Crippen LogP contribution in [0.25, 0.3) is 0 Å². The number of benzene rings is 2. The van der Waals surface area contributed by atoms with Gasteiger partial charge in [0.05, 0.1) is 11.9 Å². The average Bonchev–Trinajstić information content (AvgIpc) is 2.76. The molecule has 1 heterocycles. The van der Waals surface area contributed by atoms with Crippen molar-refractivity contribution >= 4 is 27.3 Å². The molecule has 0 aliphatic carbocycles. The largest absolute Gasteiger partial charge is 0.372 e. The fourth-order valence-corrected chi connectivity index (χ4v) is 4.70. The molecule has 1 saturated heterocycles. The molecule has 7 heteroatoms. The van der Waals surface area contributed by atoms with Gasteiger partial charge in [-0.05, 0) is 55.5 Å². The minimum Gasteiger partial charge on any atom is -0.372 e. The van der Waals surface area contributed by atoms with Crippen molar-refractivity contribution in [1.29, 1.82) is 0 Å². The van der Waals surface area contributed by atoms with Crippen LogP contribution in [0.2, 0.25) is 0 Å². The molecular formula is C23H31N3O3S. The lowest BCUT2D eigenvalue weighted by Crippen LogP contribution is -2.32. The summed E-state index contributed by atoms with van der Waals surface area (Å²) in [7, 11) is -3.39. The number of carbonyl (C=O) groups excluding carboxylic acids is 1. The van der Waals surface area contributed by atoms with Crippen LogP contribution in [0, 0.1) is 0 Å². The minimum absolute atomic E-state index is 0.0726. The number of sulfonamides is 1. The first kappa shape index (κ1) is 22.2. The Morgan fingerprint density at radius 3 is 2.30 bits per heavy atom. The number of hydrogen-bond acceptors (Lipinski definition) is 4. The lowest BCUT2D eigenvalue weighted by Gasteiger charge is -2.28. The Balaban J connectivity index is 1.44. The second kappa shape index (κ2) is 10.5. The van der Waals surface area contributed by atoms with Gasteiger partial charge in [-0.15, -0.1) is 0 Å². The van der Waals surface area contributed by atoms with E-state index in [1.165, 1.54) is 35.5 Å². The summed E-state index contributed by atoms with van der Waals surface area (Å²) in [4.78, 5) is 14.6. The number of rotatable bonds is 9. The van der Waals surface area contributed by atoms with E-state index in [4.69, 9.17) is 0 Å². The molecule has 0 aromatic heterocycles. The zero-order valence-corrected chi connectivity index (χ0v) is 18.4. The Labute approximate surface area is 179 Å². The lowest BCUT2D eigenvalue weighted by atomic mass is 10.1. The van der Waals surface area contributed by atoms with E-state index in [0.29, 0.717) is 18.7 Å². The molecular weight excluding hydrogens is 398 g/mol. The van der Waals surface area contributed by atoms with Crippen LogP contribution in [0.4, 0.5) is 11.4 Å². The summed E-state index contributed by atoms with van der Waals surface area (Å²) < 4.78 is 25.5. The van der Waals surface area contributed by atoms with Gasteiger partial charge in [0.2, 0.25) is 15.9 Å². The highest BCUT2D eigenvalue weighted by atomic mass is 32.2. The van der Waals surface area contributed by atoms with Crippen LogP contribution in [0.1, 0.15) is 37.7 Å². The molecule has 1 amide bonds. The molecule has 0 saturated carbocycles. The van der Waals surface area contributed by atoms with Crippen LogP contribution >= 0.6 is 0 Å². The summed E-state index contributed by atoms with van der Waals surface area (Å²) in [5, 5.41) is 2.93. The smallest absolute Gasteiger partial charge is 0.232 e. The summed E-state index contributed by atoms with van der Waals surface area (Å²) in [6.07, 6.45) is 5.74. The molecule has 0 bridgehead atoms. The van der Waals surface area contributed by atoms with Crippen LogP contribution in [0.3, 0.4) is 0 Å². The quantitative estimate of drug-likeness (QED) is 0.662. The van der Waals surface area contributed by atoms with Gasteiger partial charge < -0.3 is 10.2 Å². The van der Waals surface area contributed by atoms with Crippen molar-refractivity contribution in [3.8, 4) is 0 Å². The molecule has 1 N–H and O–H groups in total. The lowest BCUT2D eigenvalue weighted by molar-refractivity contribution is -0.121. The van der Waals surface area contributed by atoms with Crippen LogP contribution in [-0.4, -0.2) is 40.2 Å². The van der Waals surface area contributed by atoms with E-state index < -0.39 is 10.0 Å². The predicted octanol–water partition coefficient (Wildman–Crippen LogP) is 3.54. The number of nitrogens with one attached hydrogen (secondary N) is 1. The Morgan fingerprint density at radius 1 is 1.00 bits per heavy atom. The number of piperidine rings is 1. The maximum absolute atomic E-state index is 12.2. The third-order valence-corrected chi connectivity index (χ3v) is 6.55. The van der Waals surface area contributed by atoms with E-state index in [9.17, 15) is 13.2 Å². The fourth-order valence-electron chi connectivity index (χ4n) is 3.73. The Morgan fingerprint density at radius 2 is 1.67 bits per heavy atom. The number of nitrogens with zero attached hydrogens (tertiary/aromatic N) is 2. The van der Waals surface area contributed by atoms with Gasteiger partial charge in [-0.1, -0.05) is 30.3 Å². The highest BCUT2D eigenvalue weighted by Gasteiger charge is 2.17. The molecule has 1 fully saturated rings. The Kier molecular flexibility index (Phi) is 7.74. The Bertz CT molecular complexity index is 908. The normalized spacial score (nSPS) is 14.4. The summed E-state index contributed by atoms with van der Waals surface area (Å²) in [6.45, 7) is 2.99. The highest BCUT2D eigenvalue weighted by Crippen LogP contribution is 2.20. The molecule has 0 spiro atoms. The van der Waals surface area contributed by atoms with E-state index >= 15 is 0 Å². The van der Waals surface area contributed by atoms with E-state index in [1.807, 2.05) is 6.07 Å². The molecule has 3 rings (SSSR count). The molecule has 0 unspecified atom stereocenters. The second-order valence-corrected chi connectivity index (χ2v) is 9.67. The first-order chi connectivity index (χ1) is 14.4. The van der Waals surface area contributed by atoms with Crippen molar-refractivity contribution in [3.63, 3.8) is 0 Å². The molecule has 2 aromatic rings. The van der Waals surface area contributed by atoms with Crippen molar-refractivity contribution in [2.75, 3.05) is 35.1 Å². The molecule has 6 nitrogen and oxygen atoms in total. The molecule has 0 radical (unpaired) electrons. The van der Waals surface area contributed by atoms with Gasteiger partial charge in [0.25, 0.3) is 0 Å². The van der Waals surface area contributed by atoms with Crippen molar-refractivity contribution in [2.45, 2.75) is 38.6 Å². The summed E-state index contributed by atoms with van der Waals surface area (Å²) in [5.41, 5.74) is 2.92. The van der Waals surface area contributed by atoms with Gasteiger partial charge in [0.15, 0.2) is 0 Å². The van der Waals surface area contributed by atoms with Crippen molar-refractivity contribution in [2.24, 2.45) is 0 Å². The van der Waals surface area contributed by atoms with Crippen LogP contribution in [0.5, 0.6) is 0 Å². The second-order valence-electron chi connectivity index (χ2n) is 7.77. The topological polar surface area (TPSA) is 69.7 Å². The minimum atomic E-state index is -3.39. The zero-order valence-electron chi connectivity index (χ0n) is 17.6. The van der Waals surface area contributed by atoms with Crippen molar-refractivity contribution < 1.29 is 13.2 Å². The molecule has 30 heavy (non-hydrogen) atoms. The summed E-state index contributed by atoms with van der Waals surface area (Å²) >= 11 is 0. The van der Waals surface area contributed by atoms with Gasteiger partial charge in [-0.2, -0.15) is 0 Å². The van der Waals surface area contributed by atoms with Gasteiger partial charge >= 0.3 is 0 Å². The van der Waals surface area contributed by atoms with Gasteiger partial charge in [0.1, 0.15) is 0 Å². The third kappa shape index (κ3) is 6.49. The summed E-state index contributed by atoms with van der Waals surface area (Å²) in [5.74, 6) is -0.0726. The fraction of sp³-hybridized carbons (Fsp3) is 0.435. The average molecular weight is 430 g/mol. The van der Waals surface area contributed by atoms with Gasteiger partial charge in [0, 0.05) is 38.3 Å². The van der Waals surface area contributed by atoms with E-state index in [0.717, 1.165) is 18.7 Å². The maximum Gasteiger partial charge on any atom is 0.232 e. The first-order valence-electron chi connectivity index (χ1n) is 10.6. The van der Waals surface area contributed by atoms with E-state index in [-0.39, 0.29) is 18.9 Å². The van der Waals surface area contributed by atoms with E-state index in [1.54, 1.807) is 24.3 Å². The maximum atomic E-state index is 12.2. The molecule has 0 atom stereocenters. The first-order valence-corrected chi connectivity index (χ1v) is 12.4. The molecule has 1 aliphatic heterocycles. The highest BCUT2D eigenvalue weighted by molar-refractivity contribution is 7.92. The van der Waals surface area contributed by atoms with Crippen LogP contribution in [-0.2, 0) is 21.4 Å². The number of carbonyl (C=O) groups is 1. The predicted molar refractivity (Wildman–Crippen MR) is 122 cm³/mol. The van der Waals surface area contributed by atoms with Crippen LogP contribution < -0.4 is 14.5 Å². The standard InChI is InChI=1S/C23H31N3O3S/c1-30(28,29)26(22-9-4-2-5-10-22)18-8-11-23(27)24-19-20-12-14-21(15-13-20)25-16-6-3-7-17-25/h2,4-5,9-10,12-15H,3,6-8,11,16-19H2,1H3,(H,24,27). The SMILES string of the molecule is CS(=O)(=O)N(CCCC(=O)NCc1ccc(N2CCCCC2)cc1)c1ccccc1. The zero-order chi connectivity index (χ0) is 21.4. The molecule has 1 aliphatic rings.